The van der Waals surface area contributed by atoms with E-state index in [0.29, 0.717) is 0 Å². The van der Waals surface area contributed by atoms with Crippen LogP contribution >= 0.6 is 0 Å². The number of rotatable bonds is 3. The van der Waals surface area contributed by atoms with Crippen molar-refractivity contribution in [3.63, 3.8) is 0 Å². The minimum Gasteiger partial charge on any atom is -0.356 e. The minimum atomic E-state index is 0.889. The van der Waals surface area contributed by atoms with E-state index in [9.17, 15) is 0 Å². The number of aromatic nitrogens is 1. The molecule has 0 fully saturated rings. The zero-order valence-corrected chi connectivity index (χ0v) is 9.90. The van der Waals surface area contributed by atoms with Gasteiger partial charge in [-0.15, -0.1) is 0 Å². The van der Waals surface area contributed by atoms with Gasteiger partial charge < -0.3 is 10.2 Å². The summed E-state index contributed by atoms with van der Waals surface area (Å²) < 4.78 is 0. The molecule has 0 saturated carbocycles. The largest absolute Gasteiger partial charge is 0.356 e. The first-order valence-electron chi connectivity index (χ1n) is 5.68. The van der Waals surface area contributed by atoms with Crippen LogP contribution in [0.15, 0.2) is 23.2 Å². The van der Waals surface area contributed by atoms with Gasteiger partial charge in [0.25, 0.3) is 0 Å². The predicted octanol–water partition coefficient (Wildman–Crippen LogP) is 0.824. The summed E-state index contributed by atoms with van der Waals surface area (Å²) in [5.41, 5.74) is 2.21. The first-order chi connectivity index (χ1) is 7.75. The molecule has 2 rings (SSSR count). The Bertz CT molecular complexity index is 386. The van der Waals surface area contributed by atoms with Gasteiger partial charge in [-0.2, -0.15) is 0 Å². The molecule has 4 nitrogen and oxygen atoms in total. The quantitative estimate of drug-likeness (QED) is 0.816. The summed E-state index contributed by atoms with van der Waals surface area (Å²) >= 11 is 0. The van der Waals surface area contributed by atoms with E-state index < -0.39 is 0 Å². The number of likely N-dealkylation sites (N-methyl/N-ethyl adjacent to an activating group) is 1. The van der Waals surface area contributed by atoms with Gasteiger partial charge in [-0.25, -0.2) is 0 Å². The smallest absolute Gasteiger partial charge is 0.193 e. The Labute approximate surface area is 96.4 Å². The number of pyridine rings is 1. The van der Waals surface area contributed by atoms with Gasteiger partial charge in [-0.05, 0) is 19.1 Å². The summed E-state index contributed by atoms with van der Waals surface area (Å²) in [5.74, 6) is 1.01. The Morgan fingerprint density at radius 2 is 2.31 bits per heavy atom. The number of nitrogens with zero attached hydrogens (tertiary/aromatic N) is 3. The van der Waals surface area contributed by atoms with Crippen LogP contribution in [-0.4, -0.2) is 42.5 Å². The number of aryl methyl sites for hydroxylation is 1. The molecule has 0 radical (unpaired) electrons. The molecule has 0 unspecified atom stereocenters. The molecule has 0 aliphatic carbocycles. The molecule has 0 bridgehead atoms. The Morgan fingerprint density at radius 3 is 3.00 bits per heavy atom. The zero-order valence-electron chi connectivity index (χ0n) is 9.90. The van der Waals surface area contributed by atoms with E-state index in [1.54, 1.807) is 0 Å². The number of nitrogens with one attached hydrogen (secondary N) is 1. The molecule has 86 valence electrons. The highest BCUT2D eigenvalue weighted by molar-refractivity contribution is 5.81. The van der Waals surface area contributed by atoms with Crippen LogP contribution in [0.5, 0.6) is 0 Å². The Balaban J connectivity index is 1.80. The fourth-order valence-corrected chi connectivity index (χ4v) is 1.76. The number of aliphatic imine (C=N–C) groups is 1. The standard InChI is InChI=1S/C12H18N4/c1-10-4-3-5-11(15-10)6-7-13-12-14-8-9-16(12)2/h3-5H,6-9H2,1-2H3,(H,13,14). The van der Waals surface area contributed by atoms with Crippen molar-refractivity contribution in [1.82, 2.24) is 15.2 Å². The Morgan fingerprint density at radius 1 is 1.44 bits per heavy atom. The van der Waals surface area contributed by atoms with Gasteiger partial charge >= 0.3 is 0 Å². The van der Waals surface area contributed by atoms with Crippen molar-refractivity contribution in [2.45, 2.75) is 13.3 Å². The van der Waals surface area contributed by atoms with E-state index >= 15 is 0 Å². The second-order valence-electron chi connectivity index (χ2n) is 4.07. The lowest BCUT2D eigenvalue weighted by molar-refractivity contribution is 0.534. The third-order valence-corrected chi connectivity index (χ3v) is 2.67. The zero-order chi connectivity index (χ0) is 11.4. The van der Waals surface area contributed by atoms with Crippen molar-refractivity contribution in [3.8, 4) is 0 Å². The van der Waals surface area contributed by atoms with Crippen molar-refractivity contribution in [2.24, 2.45) is 4.99 Å². The lowest BCUT2D eigenvalue weighted by atomic mass is 10.2. The maximum absolute atomic E-state index is 4.46. The number of hydrogen-bond donors (Lipinski definition) is 1. The first kappa shape index (κ1) is 10.9. The Hall–Kier alpha value is -1.58. The maximum Gasteiger partial charge on any atom is 0.193 e. The average Bonchev–Trinajstić information content (AvgIpc) is 2.65. The van der Waals surface area contributed by atoms with Crippen LogP contribution in [-0.2, 0) is 6.42 Å². The van der Waals surface area contributed by atoms with Crippen molar-refractivity contribution < 1.29 is 0 Å². The molecule has 0 spiro atoms. The van der Waals surface area contributed by atoms with Crippen LogP contribution in [0.4, 0.5) is 0 Å². The fourth-order valence-electron chi connectivity index (χ4n) is 1.76. The van der Waals surface area contributed by atoms with Gasteiger partial charge in [0.2, 0.25) is 0 Å². The second kappa shape index (κ2) is 4.96. The van der Waals surface area contributed by atoms with E-state index in [1.807, 2.05) is 13.0 Å². The molecule has 1 aromatic rings. The highest BCUT2D eigenvalue weighted by atomic mass is 15.3. The van der Waals surface area contributed by atoms with Crippen LogP contribution in [0.1, 0.15) is 11.4 Å². The van der Waals surface area contributed by atoms with E-state index in [4.69, 9.17) is 0 Å². The number of hydrogen-bond acceptors (Lipinski definition) is 4. The molecular formula is C12H18N4. The van der Waals surface area contributed by atoms with E-state index in [1.165, 1.54) is 0 Å². The highest BCUT2D eigenvalue weighted by Gasteiger charge is 2.10. The van der Waals surface area contributed by atoms with Crippen LogP contribution in [0.3, 0.4) is 0 Å². The molecule has 0 atom stereocenters. The molecule has 1 N–H and O–H groups in total. The Kier molecular flexibility index (Phi) is 3.39. The van der Waals surface area contributed by atoms with Gasteiger partial charge in [0.05, 0.1) is 6.54 Å². The highest BCUT2D eigenvalue weighted by Crippen LogP contribution is 1.99. The fraction of sp³-hybridized carbons (Fsp3) is 0.500. The molecule has 4 heteroatoms. The summed E-state index contributed by atoms with van der Waals surface area (Å²) in [6.07, 6.45) is 0.939. The van der Waals surface area contributed by atoms with Gasteiger partial charge in [-0.1, -0.05) is 6.07 Å². The third-order valence-electron chi connectivity index (χ3n) is 2.67. The SMILES string of the molecule is Cc1cccc(CCNC2=NCCN2C)n1. The van der Waals surface area contributed by atoms with Crippen LogP contribution in [0.2, 0.25) is 0 Å². The summed E-state index contributed by atoms with van der Waals surface area (Å²) in [7, 11) is 2.06. The molecule has 2 heterocycles. The predicted molar refractivity (Wildman–Crippen MR) is 65.6 cm³/mol. The maximum atomic E-state index is 4.46. The summed E-state index contributed by atoms with van der Waals surface area (Å²) in [6.45, 7) is 4.83. The summed E-state index contributed by atoms with van der Waals surface area (Å²) in [4.78, 5) is 11.0. The summed E-state index contributed by atoms with van der Waals surface area (Å²) in [6, 6.07) is 6.14. The van der Waals surface area contributed by atoms with Crippen molar-refractivity contribution in [2.75, 3.05) is 26.7 Å². The second-order valence-corrected chi connectivity index (χ2v) is 4.07. The van der Waals surface area contributed by atoms with Gasteiger partial charge in [0.1, 0.15) is 0 Å². The normalized spacial score (nSPS) is 15.1. The molecular weight excluding hydrogens is 200 g/mol. The van der Waals surface area contributed by atoms with Gasteiger partial charge in [0.15, 0.2) is 5.96 Å². The van der Waals surface area contributed by atoms with Crippen LogP contribution in [0, 0.1) is 6.92 Å². The summed E-state index contributed by atoms with van der Waals surface area (Å²) in [5, 5.41) is 3.34. The van der Waals surface area contributed by atoms with Gasteiger partial charge in [0, 0.05) is 37.9 Å². The average molecular weight is 218 g/mol. The van der Waals surface area contributed by atoms with E-state index in [2.05, 4.69) is 39.4 Å². The van der Waals surface area contributed by atoms with Crippen LogP contribution < -0.4 is 5.32 Å². The molecule has 0 aromatic carbocycles. The van der Waals surface area contributed by atoms with Crippen molar-refractivity contribution in [1.29, 1.82) is 0 Å². The van der Waals surface area contributed by atoms with Gasteiger partial charge in [-0.3, -0.25) is 9.98 Å². The van der Waals surface area contributed by atoms with Crippen molar-refractivity contribution in [3.05, 3.63) is 29.6 Å². The minimum absolute atomic E-state index is 0.889. The molecule has 1 aliphatic heterocycles. The lowest BCUT2D eigenvalue weighted by Crippen LogP contribution is -2.36. The number of guanidine groups is 1. The lowest BCUT2D eigenvalue weighted by Gasteiger charge is -2.14. The van der Waals surface area contributed by atoms with Crippen molar-refractivity contribution >= 4 is 5.96 Å². The van der Waals surface area contributed by atoms with Crippen LogP contribution in [0.25, 0.3) is 0 Å². The molecule has 0 saturated heterocycles. The van der Waals surface area contributed by atoms with E-state index in [-0.39, 0.29) is 0 Å². The molecule has 1 aromatic heterocycles. The topological polar surface area (TPSA) is 40.5 Å². The first-order valence-corrected chi connectivity index (χ1v) is 5.68. The molecule has 16 heavy (non-hydrogen) atoms. The van der Waals surface area contributed by atoms with E-state index in [0.717, 1.165) is 43.4 Å². The molecule has 1 aliphatic rings. The molecule has 0 amide bonds. The third kappa shape index (κ3) is 2.72. The monoisotopic (exact) mass is 218 g/mol.